The molecule has 3 nitrogen and oxygen atoms in total. The van der Waals surface area contributed by atoms with Gasteiger partial charge in [0.25, 0.3) is 0 Å². The van der Waals surface area contributed by atoms with Crippen molar-refractivity contribution in [1.82, 2.24) is 5.32 Å². The summed E-state index contributed by atoms with van der Waals surface area (Å²) in [5.74, 6) is 1.41. The normalized spacial score (nSPS) is 33.1. The molecule has 2 aliphatic rings. The van der Waals surface area contributed by atoms with Gasteiger partial charge in [-0.05, 0) is 43.6 Å². The molecule has 0 heterocycles. The Bertz CT molecular complexity index is 473. The highest BCUT2D eigenvalue weighted by atomic mass is 16.3. The maximum absolute atomic E-state index is 12.4. The van der Waals surface area contributed by atoms with E-state index in [1.54, 1.807) is 0 Å². The Morgan fingerprint density at radius 2 is 2.00 bits per heavy atom. The number of nitrogens with one attached hydrogen (secondary N) is 1. The SMILES string of the molecule is C[C@H](C(=O)N[C@H]1[C@H]2CC[C@@H](C2)[C@H]1CO)c1ccccc1. The Hall–Kier alpha value is -1.35. The first-order valence-electron chi connectivity index (χ1n) is 7.67. The van der Waals surface area contributed by atoms with Crippen LogP contribution in [0.2, 0.25) is 0 Å². The summed E-state index contributed by atoms with van der Waals surface area (Å²) in [7, 11) is 0. The number of rotatable bonds is 4. The summed E-state index contributed by atoms with van der Waals surface area (Å²) in [5, 5.41) is 12.8. The van der Waals surface area contributed by atoms with Gasteiger partial charge in [0.05, 0.1) is 5.92 Å². The van der Waals surface area contributed by atoms with Crippen molar-refractivity contribution >= 4 is 5.91 Å². The van der Waals surface area contributed by atoms with Crippen LogP contribution in [0.5, 0.6) is 0 Å². The number of fused-ring (bicyclic) bond motifs is 2. The van der Waals surface area contributed by atoms with Crippen molar-refractivity contribution in [2.24, 2.45) is 17.8 Å². The van der Waals surface area contributed by atoms with Crippen LogP contribution in [0.4, 0.5) is 0 Å². The van der Waals surface area contributed by atoms with Crippen molar-refractivity contribution in [3.8, 4) is 0 Å². The summed E-state index contributed by atoms with van der Waals surface area (Å²) in [6.07, 6.45) is 3.60. The standard InChI is InChI=1S/C17H23NO2/c1-11(12-5-3-2-4-6-12)17(20)18-16-14-8-7-13(9-14)15(16)10-19/h2-6,11,13-16,19H,7-10H2,1H3,(H,18,20)/t11-,13-,14-,15+,16-/m0/s1. The minimum Gasteiger partial charge on any atom is -0.396 e. The Morgan fingerprint density at radius 1 is 1.30 bits per heavy atom. The van der Waals surface area contributed by atoms with Crippen LogP contribution in [0.25, 0.3) is 0 Å². The van der Waals surface area contributed by atoms with Gasteiger partial charge in [-0.3, -0.25) is 4.79 Å². The molecular weight excluding hydrogens is 250 g/mol. The lowest BCUT2D eigenvalue weighted by Crippen LogP contribution is -2.46. The van der Waals surface area contributed by atoms with Crippen molar-refractivity contribution in [2.75, 3.05) is 6.61 Å². The molecule has 2 saturated carbocycles. The Balaban J connectivity index is 1.67. The second-order valence-corrected chi connectivity index (χ2v) is 6.35. The van der Waals surface area contributed by atoms with E-state index in [0.29, 0.717) is 11.8 Å². The van der Waals surface area contributed by atoms with E-state index in [-0.39, 0.29) is 30.4 Å². The molecule has 3 rings (SSSR count). The molecule has 20 heavy (non-hydrogen) atoms. The fourth-order valence-corrected chi connectivity index (χ4v) is 4.08. The summed E-state index contributed by atoms with van der Waals surface area (Å²) < 4.78 is 0. The lowest BCUT2D eigenvalue weighted by Gasteiger charge is -2.31. The molecular formula is C17H23NO2. The first kappa shape index (κ1) is 13.6. The van der Waals surface area contributed by atoms with Gasteiger partial charge in [0.15, 0.2) is 0 Å². The van der Waals surface area contributed by atoms with Gasteiger partial charge in [-0.1, -0.05) is 30.3 Å². The van der Waals surface area contributed by atoms with Gasteiger partial charge in [-0.2, -0.15) is 0 Å². The van der Waals surface area contributed by atoms with Crippen molar-refractivity contribution in [1.29, 1.82) is 0 Å². The molecule has 0 aromatic heterocycles. The van der Waals surface area contributed by atoms with E-state index in [2.05, 4.69) is 5.32 Å². The van der Waals surface area contributed by atoms with Gasteiger partial charge in [-0.25, -0.2) is 0 Å². The Labute approximate surface area is 120 Å². The Kier molecular flexibility index (Phi) is 3.79. The van der Waals surface area contributed by atoms with Crippen LogP contribution in [0.1, 0.15) is 37.7 Å². The number of aliphatic hydroxyl groups is 1. The molecule has 5 atom stereocenters. The number of aliphatic hydroxyl groups excluding tert-OH is 1. The maximum atomic E-state index is 12.4. The first-order chi connectivity index (χ1) is 9.70. The van der Waals surface area contributed by atoms with E-state index < -0.39 is 0 Å². The summed E-state index contributed by atoms with van der Waals surface area (Å²) >= 11 is 0. The fourth-order valence-electron chi connectivity index (χ4n) is 4.08. The molecule has 0 unspecified atom stereocenters. The molecule has 1 aromatic carbocycles. The second kappa shape index (κ2) is 5.57. The van der Waals surface area contributed by atoms with Crippen molar-refractivity contribution in [3.05, 3.63) is 35.9 Å². The topological polar surface area (TPSA) is 49.3 Å². The van der Waals surface area contributed by atoms with Gasteiger partial charge in [0.2, 0.25) is 5.91 Å². The first-order valence-corrected chi connectivity index (χ1v) is 7.67. The van der Waals surface area contributed by atoms with Crippen molar-refractivity contribution in [2.45, 2.75) is 38.1 Å². The molecule has 0 radical (unpaired) electrons. The average molecular weight is 273 g/mol. The summed E-state index contributed by atoms with van der Waals surface area (Å²) in [4.78, 5) is 12.4. The van der Waals surface area contributed by atoms with Crippen LogP contribution >= 0.6 is 0 Å². The average Bonchev–Trinajstić information content (AvgIpc) is 3.08. The van der Waals surface area contributed by atoms with Gasteiger partial charge < -0.3 is 10.4 Å². The van der Waals surface area contributed by atoms with Crippen molar-refractivity contribution in [3.63, 3.8) is 0 Å². The summed E-state index contributed by atoms with van der Waals surface area (Å²) in [6.45, 7) is 2.15. The zero-order valence-electron chi connectivity index (χ0n) is 12.0. The quantitative estimate of drug-likeness (QED) is 0.884. The second-order valence-electron chi connectivity index (χ2n) is 6.35. The molecule has 0 aliphatic heterocycles. The minimum atomic E-state index is -0.130. The molecule has 3 heteroatoms. The minimum absolute atomic E-state index is 0.0900. The fraction of sp³-hybridized carbons (Fsp3) is 0.588. The molecule has 2 aliphatic carbocycles. The molecule has 2 fully saturated rings. The lowest BCUT2D eigenvalue weighted by atomic mass is 9.84. The zero-order chi connectivity index (χ0) is 14.1. The maximum Gasteiger partial charge on any atom is 0.227 e. The lowest BCUT2D eigenvalue weighted by molar-refractivity contribution is -0.123. The smallest absolute Gasteiger partial charge is 0.227 e. The third kappa shape index (κ3) is 2.35. The predicted octanol–water partition coefficient (Wildman–Crippen LogP) is 2.31. The largest absolute Gasteiger partial charge is 0.396 e. The zero-order valence-corrected chi connectivity index (χ0v) is 12.0. The Morgan fingerprint density at radius 3 is 2.70 bits per heavy atom. The third-order valence-electron chi connectivity index (χ3n) is 5.30. The van der Waals surface area contributed by atoms with Gasteiger partial charge in [0, 0.05) is 18.6 Å². The number of hydrogen-bond acceptors (Lipinski definition) is 2. The molecule has 2 N–H and O–H groups in total. The predicted molar refractivity (Wildman–Crippen MR) is 78.2 cm³/mol. The van der Waals surface area contributed by atoms with Crippen molar-refractivity contribution < 1.29 is 9.90 Å². The van der Waals surface area contributed by atoms with Crippen LogP contribution in [-0.2, 0) is 4.79 Å². The molecule has 1 aromatic rings. The van der Waals surface area contributed by atoms with E-state index in [0.717, 1.165) is 5.56 Å². The molecule has 0 saturated heterocycles. The number of carbonyl (C=O) groups is 1. The highest BCUT2D eigenvalue weighted by molar-refractivity contribution is 5.83. The van der Waals surface area contributed by atoms with Crippen LogP contribution in [0.3, 0.4) is 0 Å². The highest BCUT2D eigenvalue weighted by Crippen LogP contribution is 2.48. The van der Waals surface area contributed by atoms with E-state index in [9.17, 15) is 9.90 Å². The highest BCUT2D eigenvalue weighted by Gasteiger charge is 2.47. The number of carbonyl (C=O) groups excluding carboxylic acids is 1. The summed E-state index contributed by atoms with van der Waals surface area (Å²) in [6, 6.07) is 10.1. The van der Waals surface area contributed by atoms with Gasteiger partial charge >= 0.3 is 0 Å². The van der Waals surface area contributed by atoms with Gasteiger partial charge in [0.1, 0.15) is 0 Å². The molecule has 0 spiro atoms. The molecule has 1 amide bonds. The molecule has 108 valence electrons. The van der Waals surface area contributed by atoms with E-state index in [4.69, 9.17) is 0 Å². The number of benzene rings is 1. The van der Waals surface area contributed by atoms with E-state index in [1.807, 2.05) is 37.3 Å². The summed E-state index contributed by atoms with van der Waals surface area (Å²) in [5.41, 5.74) is 1.05. The van der Waals surface area contributed by atoms with E-state index >= 15 is 0 Å². The van der Waals surface area contributed by atoms with Crippen LogP contribution in [-0.4, -0.2) is 23.7 Å². The number of hydrogen-bond donors (Lipinski definition) is 2. The van der Waals surface area contributed by atoms with Gasteiger partial charge in [-0.15, -0.1) is 0 Å². The molecule has 2 bridgehead atoms. The van der Waals surface area contributed by atoms with Crippen LogP contribution < -0.4 is 5.32 Å². The third-order valence-corrected chi connectivity index (χ3v) is 5.30. The monoisotopic (exact) mass is 273 g/mol. The van der Waals surface area contributed by atoms with Crippen LogP contribution in [0.15, 0.2) is 30.3 Å². The number of amides is 1. The van der Waals surface area contributed by atoms with Crippen LogP contribution in [0, 0.1) is 17.8 Å². The van der Waals surface area contributed by atoms with E-state index in [1.165, 1.54) is 19.3 Å².